The zero-order valence-electron chi connectivity index (χ0n) is 10.3. The van der Waals surface area contributed by atoms with Crippen molar-refractivity contribution in [1.82, 2.24) is 4.57 Å². The average Bonchev–Trinajstić information content (AvgIpc) is 2.53. The van der Waals surface area contributed by atoms with E-state index >= 15 is 0 Å². The Balaban J connectivity index is 2.62. The monoisotopic (exact) mass is 252 g/mol. The van der Waals surface area contributed by atoms with Crippen LogP contribution in [0.15, 0.2) is 18.3 Å². The second-order valence-electron chi connectivity index (χ2n) is 4.45. The van der Waals surface area contributed by atoms with Gasteiger partial charge in [-0.1, -0.05) is 11.6 Å². The summed E-state index contributed by atoms with van der Waals surface area (Å²) in [6, 6.07) is 4.05. The van der Waals surface area contributed by atoms with Crippen LogP contribution in [0, 0.1) is 0 Å². The topological polar surface area (TPSA) is 40.2 Å². The van der Waals surface area contributed by atoms with Crippen LogP contribution in [0.25, 0.3) is 10.9 Å². The molecule has 3 nitrogen and oxygen atoms in total. The van der Waals surface area contributed by atoms with Gasteiger partial charge in [-0.05, 0) is 31.0 Å². The van der Waals surface area contributed by atoms with Crippen molar-refractivity contribution in [2.45, 2.75) is 19.4 Å². The van der Waals surface area contributed by atoms with Crippen LogP contribution in [0.1, 0.15) is 12.5 Å². The Bertz CT molecular complexity index is 546. The van der Waals surface area contributed by atoms with E-state index in [-0.39, 0.29) is 6.04 Å². The highest BCUT2D eigenvalue weighted by Crippen LogP contribution is 2.32. The van der Waals surface area contributed by atoms with Gasteiger partial charge in [0.2, 0.25) is 0 Å². The van der Waals surface area contributed by atoms with Crippen LogP contribution in [-0.2, 0) is 13.5 Å². The van der Waals surface area contributed by atoms with Crippen molar-refractivity contribution < 1.29 is 4.74 Å². The highest BCUT2D eigenvalue weighted by Gasteiger charge is 2.12. The molecule has 1 aromatic carbocycles. The van der Waals surface area contributed by atoms with E-state index in [1.165, 1.54) is 5.56 Å². The molecule has 0 spiro atoms. The minimum Gasteiger partial charge on any atom is -0.495 e. The summed E-state index contributed by atoms with van der Waals surface area (Å²) in [4.78, 5) is 0. The fourth-order valence-corrected chi connectivity index (χ4v) is 2.37. The molecule has 0 fully saturated rings. The Morgan fingerprint density at radius 2 is 2.18 bits per heavy atom. The number of methoxy groups -OCH3 is 1. The van der Waals surface area contributed by atoms with E-state index < -0.39 is 0 Å². The number of benzene rings is 1. The van der Waals surface area contributed by atoms with E-state index in [9.17, 15) is 0 Å². The number of nitrogens with zero attached hydrogens (tertiary/aromatic N) is 1. The molecule has 0 saturated carbocycles. The van der Waals surface area contributed by atoms with E-state index in [1.54, 1.807) is 7.11 Å². The highest BCUT2D eigenvalue weighted by molar-refractivity contribution is 6.32. The van der Waals surface area contributed by atoms with Gasteiger partial charge in [-0.2, -0.15) is 0 Å². The van der Waals surface area contributed by atoms with Gasteiger partial charge in [0.05, 0.1) is 12.1 Å². The molecule has 0 saturated heterocycles. The summed E-state index contributed by atoms with van der Waals surface area (Å²) in [5, 5.41) is 1.79. The first-order valence-corrected chi connectivity index (χ1v) is 5.97. The van der Waals surface area contributed by atoms with Crippen LogP contribution in [0.3, 0.4) is 0 Å². The largest absolute Gasteiger partial charge is 0.495 e. The first-order valence-electron chi connectivity index (χ1n) is 5.60. The van der Waals surface area contributed by atoms with E-state index in [0.29, 0.717) is 10.8 Å². The third kappa shape index (κ3) is 2.26. The zero-order valence-corrected chi connectivity index (χ0v) is 11.1. The summed E-state index contributed by atoms with van der Waals surface area (Å²) in [7, 11) is 3.64. The van der Waals surface area contributed by atoms with Crippen LogP contribution in [0.5, 0.6) is 5.75 Å². The molecule has 0 aliphatic rings. The van der Waals surface area contributed by atoms with Crippen LogP contribution in [0.2, 0.25) is 5.02 Å². The molecule has 2 rings (SSSR count). The molecule has 17 heavy (non-hydrogen) atoms. The fourth-order valence-electron chi connectivity index (χ4n) is 2.13. The Morgan fingerprint density at radius 1 is 1.47 bits per heavy atom. The number of halogens is 1. The second-order valence-corrected chi connectivity index (χ2v) is 4.86. The van der Waals surface area contributed by atoms with Crippen LogP contribution >= 0.6 is 11.6 Å². The smallest absolute Gasteiger partial charge is 0.138 e. The van der Waals surface area contributed by atoms with Crippen molar-refractivity contribution in [2.75, 3.05) is 7.11 Å². The summed E-state index contributed by atoms with van der Waals surface area (Å²) < 4.78 is 7.32. The molecule has 2 N–H and O–H groups in total. The van der Waals surface area contributed by atoms with Crippen molar-refractivity contribution in [2.24, 2.45) is 12.8 Å². The Morgan fingerprint density at radius 3 is 2.76 bits per heavy atom. The SMILES string of the molecule is COc1cc2c(CC(C)N)cn(C)c2cc1Cl. The number of hydrogen-bond donors (Lipinski definition) is 1. The molecular weight excluding hydrogens is 236 g/mol. The van der Waals surface area contributed by atoms with Gasteiger partial charge in [0.25, 0.3) is 0 Å². The molecule has 92 valence electrons. The number of fused-ring (bicyclic) bond motifs is 1. The standard InChI is InChI=1S/C13H17ClN2O/c1-8(15)4-9-7-16(2)12-6-11(14)13(17-3)5-10(9)12/h5-8H,4,15H2,1-3H3. The maximum Gasteiger partial charge on any atom is 0.138 e. The molecule has 0 amide bonds. The van der Waals surface area contributed by atoms with Gasteiger partial charge in [0.1, 0.15) is 5.75 Å². The molecule has 1 heterocycles. The lowest BCUT2D eigenvalue weighted by Gasteiger charge is -2.06. The zero-order chi connectivity index (χ0) is 12.6. The third-order valence-corrected chi connectivity index (χ3v) is 3.18. The third-order valence-electron chi connectivity index (χ3n) is 2.89. The lowest BCUT2D eigenvalue weighted by Crippen LogP contribution is -2.17. The predicted octanol–water partition coefficient (Wildman–Crippen LogP) is 2.73. The lowest BCUT2D eigenvalue weighted by atomic mass is 10.1. The van der Waals surface area contributed by atoms with Crippen LogP contribution in [0.4, 0.5) is 0 Å². The second kappa shape index (κ2) is 4.59. The Hall–Kier alpha value is -1.19. The summed E-state index contributed by atoms with van der Waals surface area (Å²) in [6.07, 6.45) is 2.95. The van der Waals surface area contributed by atoms with E-state index in [0.717, 1.165) is 17.3 Å². The van der Waals surface area contributed by atoms with E-state index in [1.807, 2.05) is 26.1 Å². The predicted molar refractivity (Wildman–Crippen MR) is 71.8 cm³/mol. The van der Waals surface area contributed by atoms with Gasteiger partial charge in [-0.3, -0.25) is 0 Å². The summed E-state index contributed by atoms with van der Waals surface area (Å²) in [5.41, 5.74) is 8.19. The number of rotatable bonds is 3. The quantitative estimate of drug-likeness (QED) is 0.913. The maximum absolute atomic E-state index is 6.13. The minimum atomic E-state index is 0.141. The van der Waals surface area contributed by atoms with Gasteiger partial charge in [-0.15, -0.1) is 0 Å². The summed E-state index contributed by atoms with van der Waals surface area (Å²) in [6.45, 7) is 2.01. The van der Waals surface area contributed by atoms with Gasteiger partial charge >= 0.3 is 0 Å². The first-order chi connectivity index (χ1) is 8.02. The number of aryl methyl sites for hydroxylation is 1. The number of ether oxygens (including phenoxy) is 1. The molecule has 1 unspecified atom stereocenters. The molecule has 4 heteroatoms. The van der Waals surface area contributed by atoms with Crippen molar-refractivity contribution in [3.63, 3.8) is 0 Å². The molecule has 0 aliphatic heterocycles. The normalized spacial score (nSPS) is 13.0. The van der Waals surface area contributed by atoms with Gasteiger partial charge in [0, 0.05) is 30.2 Å². The molecule has 1 atom stereocenters. The summed E-state index contributed by atoms with van der Waals surface area (Å²) in [5.74, 6) is 0.705. The van der Waals surface area contributed by atoms with Crippen molar-refractivity contribution in [3.8, 4) is 5.75 Å². The van der Waals surface area contributed by atoms with E-state index in [4.69, 9.17) is 22.1 Å². The number of nitrogens with two attached hydrogens (primary N) is 1. The number of hydrogen-bond acceptors (Lipinski definition) is 2. The fraction of sp³-hybridized carbons (Fsp3) is 0.385. The molecule has 2 aromatic rings. The molecule has 0 radical (unpaired) electrons. The molecule has 0 bridgehead atoms. The maximum atomic E-state index is 6.13. The Kier molecular flexibility index (Phi) is 3.31. The minimum absolute atomic E-state index is 0.141. The molecule has 0 aliphatic carbocycles. The van der Waals surface area contributed by atoms with Gasteiger partial charge in [0.15, 0.2) is 0 Å². The highest BCUT2D eigenvalue weighted by atomic mass is 35.5. The van der Waals surface area contributed by atoms with Crippen molar-refractivity contribution >= 4 is 22.5 Å². The first kappa shape index (κ1) is 12.3. The number of aromatic nitrogens is 1. The van der Waals surface area contributed by atoms with Crippen molar-refractivity contribution in [1.29, 1.82) is 0 Å². The van der Waals surface area contributed by atoms with Crippen LogP contribution < -0.4 is 10.5 Å². The average molecular weight is 253 g/mol. The summed E-state index contributed by atoms with van der Waals surface area (Å²) >= 11 is 6.13. The Labute approximate surface area is 106 Å². The molecular formula is C13H17ClN2O. The lowest BCUT2D eigenvalue weighted by molar-refractivity contribution is 0.415. The van der Waals surface area contributed by atoms with Crippen molar-refractivity contribution in [3.05, 3.63) is 28.9 Å². The van der Waals surface area contributed by atoms with E-state index in [2.05, 4.69) is 10.8 Å². The van der Waals surface area contributed by atoms with Crippen LogP contribution in [-0.4, -0.2) is 17.7 Å². The van der Waals surface area contributed by atoms with Gasteiger partial charge in [-0.25, -0.2) is 0 Å². The van der Waals surface area contributed by atoms with Gasteiger partial charge < -0.3 is 15.0 Å². The molecule has 1 aromatic heterocycles.